The molecule has 1 aromatic rings. The smallest absolute Gasteiger partial charge is 0.289 e. The van der Waals surface area contributed by atoms with Gasteiger partial charge in [-0.1, -0.05) is 16.9 Å². The zero-order chi connectivity index (χ0) is 9.26. The van der Waals surface area contributed by atoms with Gasteiger partial charge in [0.15, 0.2) is 5.82 Å². The molecule has 2 rings (SSSR count). The van der Waals surface area contributed by atoms with Gasteiger partial charge in [0.05, 0.1) is 12.3 Å². The Labute approximate surface area is 77.3 Å². The molecule has 1 aliphatic rings. The van der Waals surface area contributed by atoms with Crippen molar-refractivity contribution in [3.63, 3.8) is 0 Å². The summed E-state index contributed by atoms with van der Waals surface area (Å²) in [5.41, 5.74) is 0. The number of nitrogens with zero attached hydrogens (tertiary/aromatic N) is 3. The third kappa shape index (κ3) is 1.55. The van der Waals surface area contributed by atoms with Gasteiger partial charge >= 0.3 is 0 Å². The molecule has 0 saturated carbocycles. The summed E-state index contributed by atoms with van der Waals surface area (Å²) in [7, 11) is 0. The van der Waals surface area contributed by atoms with Crippen molar-refractivity contribution in [1.82, 2.24) is 15.0 Å². The maximum Gasteiger partial charge on any atom is 0.289 e. The lowest BCUT2D eigenvalue weighted by atomic mass is 10.5. The molecule has 0 unspecified atom stereocenters. The number of hydrogen-bond donors (Lipinski definition) is 0. The van der Waals surface area contributed by atoms with Crippen LogP contribution in [0.15, 0.2) is 10.9 Å². The first kappa shape index (κ1) is 8.24. The largest absolute Gasteiger partial charge is 0.343 e. The third-order valence-corrected chi connectivity index (χ3v) is 2.41. The molecule has 1 saturated heterocycles. The Balaban J connectivity index is 2.09. The van der Waals surface area contributed by atoms with Crippen LogP contribution >= 0.6 is 11.8 Å². The number of aromatic nitrogens is 2. The van der Waals surface area contributed by atoms with Crippen LogP contribution in [0, 0.1) is 0 Å². The number of hydrogen-bond acceptors (Lipinski definition) is 6. The van der Waals surface area contributed by atoms with Gasteiger partial charge in [-0.15, -0.1) is 0 Å². The van der Waals surface area contributed by atoms with Crippen molar-refractivity contribution in [1.29, 1.82) is 0 Å². The highest BCUT2D eigenvalue weighted by Crippen LogP contribution is 2.19. The predicted molar refractivity (Wildman–Crippen MR) is 42.7 cm³/mol. The number of thioether (sulfide) groups is 1. The molecule has 0 atom stereocenters. The molecular formula is C6H5N3O3S. The molecule has 1 aromatic heterocycles. The van der Waals surface area contributed by atoms with Crippen LogP contribution in [-0.4, -0.2) is 31.9 Å². The molecule has 7 heteroatoms. The average molecular weight is 199 g/mol. The van der Waals surface area contributed by atoms with Gasteiger partial charge in [0, 0.05) is 0 Å². The topological polar surface area (TPSA) is 76.3 Å². The Morgan fingerprint density at radius 3 is 3.00 bits per heavy atom. The zero-order valence-corrected chi connectivity index (χ0v) is 7.28. The van der Waals surface area contributed by atoms with Crippen molar-refractivity contribution in [3.8, 4) is 0 Å². The monoisotopic (exact) mass is 199 g/mol. The maximum atomic E-state index is 11.1. The van der Waals surface area contributed by atoms with Gasteiger partial charge in [0.2, 0.25) is 12.3 Å². The molecule has 2 amide bonds. The molecule has 2 heterocycles. The van der Waals surface area contributed by atoms with E-state index in [2.05, 4.69) is 14.7 Å². The second-order valence-electron chi connectivity index (χ2n) is 2.38. The minimum atomic E-state index is -0.255. The standard InChI is InChI=1S/C6H5N3O3S/c10-5-2-13-6(11)9(5)1-4-7-3-12-8-4/h3H,1-2H2. The highest BCUT2D eigenvalue weighted by Gasteiger charge is 2.30. The SMILES string of the molecule is O=C1CSC(=O)N1Cc1ncon1. The summed E-state index contributed by atoms with van der Waals surface area (Å²) in [6.45, 7) is 0.0984. The number of amides is 2. The summed E-state index contributed by atoms with van der Waals surface area (Å²) in [4.78, 5) is 27.0. The molecule has 0 N–H and O–H groups in total. The van der Waals surface area contributed by atoms with Crippen LogP contribution in [0.1, 0.15) is 5.82 Å². The quantitative estimate of drug-likeness (QED) is 0.680. The van der Waals surface area contributed by atoms with Gasteiger partial charge < -0.3 is 4.52 Å². The molecule has 0 spiro atoms. The zero-order valence-electron chi connectivity index (χ0n) is 6.47. The van der Waals surface area contributed by atoms with E-state index in [4.69, 9.17) is 0 Å². The molecule has 0 aromatic carbocycles. The van der Waals surface area contributed by atoms with Crippen LogP contribution in [0.2, 0.25) is 0 Å². The van der Waals surface area contributed by atoms with Gasteiger partial charge in [-0.05, 0) is 0 Å². The number of carbonyl (C=O) groups excluding carboxylic acids is 2. The van der Waals surface area contributed by atoms with Gasteiger partial charge in [0.25, 0.3) is 5.24 Å². The number of imide groups is 1. The number of rotatable bonds is 2. The van der Waals surface area contributed by atoms with Gasteiger partial charge in [0.1, 0.15) is 0 Å². The molecule has 68 valence electrons. The van der Waals surface area contributed by atoms with Crippen molar-refractivity contribution in [2.45, 2.75) is 6.54 Å². The highest BCUT2D eigenvalue weighted by atomic mass is 32.2. The van der Waals surface area contributed by atoms with Gasteiger partial charge in [-0.25, -0.2) is 0 Å². The van der Waals surface area contributed by atoms with E-state index in [1.165, 1.54) is 0 Å². The molecule has 0 aliphatic carbocycles. The van der Waals surface area contributed by atoms with E-state index >= 15 is 0 Å². The van der Waals surface area contributed by atoms with Crippen LogP contribution in [0.4, 0.5) is 4.79 Å². The Morgan fingerprint density at radius 1 is 1.62 bits per heavy atom. The Morgan fingerprint density at radius 2 is 2.46 bits per heavy atom. The first-order valence-electron chi connectivity index (χ1n) is 3.50. The summed E-state index contributed by atoms with van der Waals surface area (Å²) in [5, 5.41) is 3.25. The second-order valence-corrected chi connectivity index (χ2v) is 3.31. The van der Waals surface area contributed by atoms with E-state index in [-0.39, 0.29) is 23.4 Å². The fraction of sp³-hybridized carbons (Fsp3) is 0.333. The Bertz CT molecular complexity index is 321. The molecule has 0 radical (unpaired) electrons. The van der Waals surface area contributed by atoms with E-state index in [1.54, 1.807) is 0 Å². The van der Waals surface area contributed by atoms with Crippen LogP contribution in [0.5, 0.6) is 0 Å². The first-order chi connectivity index (χ1) is 6.27. The van der Waals surface area contributed by atoms with Crippen molar-refractivity contribution in [2.75, 3.05) is 5.75 Å². The lowest BCUT2D eigenvalue weighted by Crippen LogP contribution is -2.28. The van der Waals surface area contributed by atoms with Crippen molar-refractivity contribution in [3.05, 3.63) is 12.2 Å². The normalized spacial score (nSPS) is 17.1. The Kier molecular flexibility index (Phi) is 2.01. The van der Waals surface area contributed by atoms with Crippen molar-refractivity contribution < 1.29 is 14.1 Å². The fourth-order valence-electron chi connectivity index (χ4n) is 0.937. The Hall–Kier alpha value is -1.37. The van der Waals surface area contributed by atoms with E-state index in [9.17, 15) is 9.59 Å². The van der Waals surface area contributed by atoms with Gasteiger partial charge in [-0.2, -0.15) is 4.98 Å². The second kappa shape index (κ2) is 3.17. The van der Waals surface area contributed by atoms with E-state index in [1.807, 2.05) is 0 Å². The molecule has 6 nitrogen and oxygen atoms in total. The number of carbonyl (C=O) groups is 2. The van der Waals surface area contributed by atoms with Crippen LogP contribution in [-0.2, 0) is 11.3 Å². The van der Waals surface area contributed by atoms with E-state index in [0.717, 1.165) is 23.1 Å². The average Bonchev–Trinajstić information content (AvgIpc) is 2.70. The maximum absolute atomic E-state index is 11.1. The first-order valence-corrected chi connectivity index (χ1v) is 4.48. The molecule has 13 heavy (non-hydrogen) atoms. The molecule has 0 bridgehead atoms. The predicted octanol–water partition coefficient (Wildman–Crippen LogP) is 0.265. The highest BCUT2D eigenvalue weighted by molar-refractivity contribution is 8.14. The summed E-state index contributed by atoms with van der Waals surface area (Å²) in [6.07, 6.45) is 1.16. The third-order valence-electron chi connectivity index (χ3n) is 1.55. The minimum Gasteiger partial charge on any atom is -0.343 e. The van der Waals surface area contributed by atoms with Crippen molar-refractivity contribution >= 4 is 22.9 Å². The summed E-state index contributed by atoms with van der Waals surface area (Å²) in [5.74, 6) is 0.334. The van der Waals surface area contributed by atoms with Crippen LogP contribution < -0.4 is 0 Å². The lowest BCUT2D eigenvalue weighted by Gasteiger charge is -2.08. The fourth-order valence-corrected chi connectivity index (χ4v) is 1.66. The molecular weight excluding hydrogens is 194 g/mol. The summed E-state index contributed by atoms with van der Waals surface area (Å²) >= 11 is 0.987. The van der Waals surface area contributed by atoms with Gasteiger partial charge in [-0.3, -0.25) is 14.5 Å². The van der Waals surface area contributed by atoms with Crippen molar-refractivity contribution in [2.24, 2.45) is 0 Å². The van der Waals surface area contributed by atoms with E-state index in [0.29, 0.717) is 5.82 Å². The van der Waals surface area contributed by atoms with Crippen LogP contribution in [0.3, 0.4) is 0 Å². The molecule has 1 aliphatic heterocycles. The summed E-state index contributed by atoms with van der Waals surface area (Å²) in [6, 6.07) is 0. The minimum absolute atomic E-state index is 0.0984. The van der Waals surface area contributed by atoms with Crippen LogP contribution in [0.25, 0.3) is 0 Å². The van der Waals surface area contributed by atoms with E-state index < -0.39 is 0 Å². The molecule has 1 fully saturated rings. The summed E-state index contributed by atoms with van der Waals surface area (Å²) < 4.78 is 4.48. The lowest BCUT2D eigenvalue weighted by molar-refractivity contribution is -0.125.